The Morgan fingerprint density at radius 3 is 2.14 bits per heavy atom. The van der Waals surface area contributed by atoms with Gasteiger partial charge in [0.1, 0.15) is 11.7 Å². The van der Waals surface area contributed by atoms with Crippen LogP contribution in [0.25, 0.3) is 10.9 Å². The second-order valence-corrected chi connectivity index (χ2v) is 12.7. The van der Waals surface area contributed by atoms with E-state index in [0.717, 1.165) is 6.26 Å². The highest BCUT2D eigenvalue weighted by Gasteiger charge is 2.23. The molecule has 0 radical (unpaired) electrons. The van der Waals surface area contributed by atoms with Crippen LogP contribution < -0.4 is 14.2 Å². The monoisotopic (exact) mass is 640 g/mol. The van der Waals surface area contributed by atoms with Crippen molar-refractivity contribution in [1.29, 1.82) is 0 Å². The number of carbonyl (C=O) groups is 2. The third-order valence-electron chi connectivity index (χ3n) is 6.08. The van der Waals surface area contributed by atoms with E-state index >= 15 is 0 Å². The van der Waals surface area contributed by atoms with Gasteiger partial charge in [0.2, 0.25) is 5.75 Å². The smallest absolute Gasteiger partial charge is 0.338 e. The van der Waals surface area contributed by atoms with Crippen LogP contribution in [0.5, 0.6) is 17.2 Å². The fourth-order valence-corrected chi connectivity index (χ4v) is 4.85. The van der Waals surface area contributed by atoms with E-state index in [1.807, 2.05) is 0 Å². The second-order valence-electron chi connectivity index (χ2n) is 10.7. The number of methoxy groups -OCH3 is 3. The van der Waals surface area contributed by atoms with Crippen LogP contribution in [0.3, 0.4) is 0 Å². The first-order chi connectivity index (χ1) is 20.1. The molecule has 0 aliphatic carbocycles. The third-order valence-corrected chi connectivity index (χ3v) is 6.99. The van der Waals surface area contributed by atoms with Crippen LogP contribution in [0.1, 0.15) is 60.7 Å². The Balaban J connectivity index is 1.74. The van der Waals surface area contributed by atoms with Gasteiger partial charge in [-0.3, -0.25) is 8.86 Å². The first kappa shape index (κ1) is 33.9. The summed E-state index contributed by atoms with van der Waals surface area (Å²) >= 11 is 6.44. The summed E-state index contributed by atoms with van der Waals surface area (Å²) in [6, 6.07) is 6.11. The highest BCUT2D eigenvalue weighted by Crippen LogP contribution is 2.38. The molecule has 3 rings (SSSR count). The number of fused-ring (bicyclic) bond motifs is 1. The number of aryl methyl sites for hydroxylation is 1. The Kier molecular flexibility index (Phi) is 11.3. The summed E-state index contributed by atoms with van der Waals surface area (Å²) in [6.45, 7) is 5.60. The van der Waals surface area contributed by atoms with Crippen molar-refractivity contribution in [2.24, 2.45) is 0 Å². The maximum atomic E-state index is 13.1. The van der Waals surface area contributed by atoms with Crippen LogP contribution in [0.15, 0.2) is 30.5 Å². The van der Waals surface area contributed by atoms with Crippen molar-refractivity contribution in [2.45, 2.75) is 58.3 Å². The molecule has 1 unspecified atom stereocenters. The van der Waals surface area contributed by atoms with Gasteiger partial charge in [-0.05, 0) is 57.9 Å². The number of ether oxygens (including phenoxy) is 5. The summed E-state index contributed by atoms with van der Waals surface area (Å²) in [7, 11) is 0.641. The molecule has 0 saturated heterocycles. The average Bonchev–Trinajstić information content (AvgIpc) is 3.33. The number of hydrogen-bond donors (Lipinski definition) is 0. The van der Waals surface area contributed by atoms with Crippen LogP contribution in [-0.2, 0) is 30.3 Å². The van der Waals surface area contributed by atoms with Crippen molar-refractivity contribution in [1.82, 2.24) is 9.78 Å². The van der Waals surface area contributed by atoms with Gasteiger partial charge in [-0.25, -0.2) is 9.59 Å². The molecule has 1 heterocycles. The van der Waals surface area contributed by atoms with E-state index in [1.165, 1.54) is 33.5 Å². The molecule has 0 bridgehead atoms. The molecule has 0 aliphatic heterocycles. The molecule has 3 aromatic rings. The zero-order valence-electron chi connectivity index (χ0n) is 25.3. The molecule has 1 atom stereocenters. The van der Waals surface area contributed by atoms with E-state index in [1.54, 1.807) is 43.8 Å². The molecule has 0 N–H and O–H groups in total. The quantitative estimate of drug-likeness (QED) is 0.173. The molecule has 0 spiro atoms. The molecule has 0 aliphatic rings. The summed E-state index contributed by atoms with van der Waals surface area (Å²) in [5, 5.41) is 5.57. The van der Waals surface area contributed by atoms with E-state index < -0.39 is 33.8 Å². The van der Waals surface area contributed by atoms with Crippen molar-refractivity contribution >= 4 is 44.6 Å². The molecule has 12 nitrogen and oxygen atoms in total. The minimum absolute atomic E-state index is 0.134. The predicted octanol–water partition coefficient (Wildman–Crippen LogP) is 5.04. The Hall–Kier alpha value is -3.55. The van der Waals surface area contributed by atoms with Crippen LogP contribution in [-0.4, -0.2) is 76.0 Å². The van der Waals surface area contributed by atoms with Gasteiger partial charge in [-0.1, -0.05) is 11.6 Å². The summed E-state index contributed by atoms with van der Waals surface area (Å²) in [4.78, 5) is 25.6. The normalized spacial score (nSPS) is 12.6. The van der Waals surface area contributed by atoms with Crippen LogP contribution >= 0.6 is 11.6 Å². The number of aromatic nitrogens is 2. The highest BCUT2D eigenvalue weighted by atomic mass is 35.5. The van der Waals surface area contributed by atoms with Crippen molar-refractivity contribution in [3.05, 3.63) is 46.6 Å². The van der Waals surface area contributed by atoms with E-state index in [4.69, 9.17) is 39.5 Å². The topological polar surface area (TPSA) is 141 Å². The molecular weight excluding hydrogens is 604 g/mol. The first-order valence-electron chi connectivity index (χ1n) is 13.4. The molecule has 1 aromatic heterocycles. The lowest BCUT2D eigenvalue weighted by Crippen LogP contribution is -2.23. The van der Waals surface area contributed by atoms with Crippen molar-refractivity contribution in [3.63, 3.8) is 0 Å². The SMILES string of the molecule is COc1cc(C(=O)OC(CCCn2cc3c(Cl)cc(C(=O)OC(C)(C)C)cc3n2)CCOS(C)(=O)=O)cc(OC)c1OC. The van der Waals surface area contributed by atoms with Crippen LogP contribution in [0.2, 0.25) is 5.02 Å². The van der Waals surface area contributed by atoms with Gasteiger partial charge < -0.3 is 23.7 Å². The highest BCUT2D eigenvalue weighted by molar-refractivity contribution is 7.85. The van der Waals surface area contributed by atoms with Crippen molar-refractivity contribution < 1.29 is 45.9 Å². The van der Waals surface area contributed by atoms with Gasteiger partial charge in [0.25, 0.3) is 10.1 Å². The number of hydrogen-bond acceptors (Lipinski definition) is 11. The zero-order valence-corrected chi connectivity index (χ0v) is 26.8. The van der Waals surface area contributed by atoms with Gasteiger partial charge in [-0.2, -0.15) is 13.5 Å². The summed E-state index contributed by atoms with van der Waals surface area (Å²) in [5.74, 6) is -0.270. The van der Waals surface area contributed by atoms with E-state index in [-0.39, 0.29) is 30.1 Å². The molecular formula is C29H37ClN2O10S. The largest absolute Gasteiger partial charge is 0.493 e. The number of benzene rings is 2. The summed E-state index contributed by atoms with van der Waals surface area (Å²) in [5.41, 5.74) is 0.329. The summed E-state index contributed by atoms with van der Waals surface area (Å²) < 4.78 is 56.7. The van der Waals surface area contributed by atoms with Gasteiger partial charge in [0.05, 0.1) is 55.9 Å². The number of carbonyl (C=O) groups excluding carboxylic acids is 2. The third kappa shape index (κ3) is 9.73. The predicted molar refractivity (Wildman–Crippen MR) is 160 cm³/mol. The molecule has 0 saturated carbocycles. The van der Waals surface area contributed by atoms with Gasteiger partial charge >= 0.3 is 11.9 Å². The molecule has 236 valence electrons. The van der Waals surface area contributed by atoms with Gasteiger partial charge in [0, 0.05) is 24.5 Å². The fourth-order valence-electron chi connectivity index (χ4n) is 4.19. The lowest BCUT2D eigenvalue weighted by Gasteiger charge is -2.19. The standard InChI is InChI=1S/C29H37ClN2O10S/c1-29(2,3)42-28(34)18-13-22(30)21-17-32(31-23(21)14-18)11-8-9-20(10-12-40-43(7,35)36)41-27(33)19-15-24(37-4)26(39-6)25(16-19)38-5/h13-17,20H,8-12H2,1-7H3. The zero-order chi connectivity index (χ0) is 31.9. The van der Waals surface area contributed by atoms with E-state index in [9.17, 15) is 18.0 Å². The first-order valence-corrected chi connectivity index (χ1v) is 15.6. The lowest BCUT2D eigenvalue weighted by atomic mass is 10.1. The number of rotatable bonds is 14. The lowest BCUT2D eigenvalue weighted by molar-refractivity contribution is 0.00687. The van der Waals surface area contributed by atoms with Crippen LogP contribution in [0.4, 0.5) is 0 Å². The Morgan fingerprint density at radius 2 is 1.58 bits per heavy atom. The molecule has 0 amide bonds. The Morgan fingerprint density at radius 1 is 0.953 bits per heavy atom. The van der Waals surface area contributed by atoms with Gasteiger partial charge in [-0.15, -0.1) is 0 Å². The van der Waals surface area contributed by atoms with Crippen molar-refractivity contribution in [2.75, 3.05) is 34.2 Å². The molecule has 2 aromatic carbocycles. The number of halogens is 1. The molecule has 14 heteroatoms. The summed E-state index contributed by atoms with van der Waals surface area (Å²) in [6.07, 6.45) is 3.05. The Labute approximate surface area is 256 Å². The maximum absolute atomic E-state index is 13.1. The minimum atomic E-state index is -3.68. The second kappa shape index (κ2) is 14.3. The fraction of sp³-hybridized carbons (Fsp3) is 0.483. The van der Waals surface area contributed by atoms with Crippen molar-refractivity contribution in [3.8, 4) is 17.2 Å². The average molecular weight is 641 g/mol. The number of nitrogens with zero attached hydrogens (tertiary/aromatic N) is 2. The minimum Gasteiger partial charge on any atom is -0.493 e. The van der Waals surface area contributed by atoms with Crippen LogP contribution in [0, 0.1) is 0 Å². The molecule has 43 heavy (non-hydrogen) atoms. The maximum Gasteiger partial charge on any atom is 0.338 e. The number of esters is 2. The van der Waals surface area contributed by atoms with E-state index in [2.05, 4.69) is 5.10 Å². The Bertz CT molecular complexity index is 1540. The van der Waals surface area contributed by atoms with Gasteiger partial charge in [0.15, 0.2) is 11.5 Å². The van der Waals surface area contributed by atoms with E-state index in [0.29, 0.717) is 46.6 Å². The molecule has 0 fully saturated rings.